The summed E-state index contributed by atoms with van der Waals surface area (Å²) in [6.45, 7) is 4.24. The van der Waals surface area contributed by atoms with E-state index in [-0.39, 0.29) is 12.7 Å². The number of hydrogen-bond acceptors (Lipinski definition) is 3. The van der Waals surface area contributed by atoms with Gasteiger partial charge in [-0.3, -0.25) is 0 Å². The van der Waals surface area contributed by atoms with Gasteiger partial charge in [0.25, 0.3) is 0 Å². The summed E-state index contributed by atoms with van der Waals surface area (Å²) in [6, 6.07) is 0. The van der Waals surface area contributed by atoms with E-state index in [2.05, 4.69) is 6.92 Å². The van der Waals surface area contributed by atoms with Gasteiger partial charge in [-0.25, -0.2) is 4.79 Å². The fourth-order valence-corrected chi connectivity index (χ4v) is 1.61. The van der Waals surface area contributed by atoms with Gasteiger partial charge >= 0.3 is 6.09 Å². The first-order valence-electron chi connectivity index (χ1n) is 5.30. The van der Waals surface area contributed by atoms with Gasteiger partial charge in [0, 0.05) is 25.6 Å². The first-order chi connectivity index (χ1) is 6.77. The number of nitrogens with zero attached hydrogens (tertiary/aromatic N) is 1. The predicted molar refractivity (Wildman–Crippen MR) is 53.0 cm³/mol. The Labute approximate surface area is 84.8 Å². The fraction of sp³-hybridized carbons (Fsp3) is 0.900. The molecular weight excluding hydrogens is 182 g/mol. The maximum atomic E-state index is 11.3. The van der Waals surface area contributed by atoms with Crippen molar-refractivity contribution in [3.05, 3.63) is 0 Å². The van der Waals surface area contributed by atoms with Gasteiger partial charge in [0.2, 0.25) is 0 Å². The molecule has 1 fully saturated rings. The van der Waals surface area contributed by atoms with Crippen LogP contribution in [-0.4, -0.2) is 42.4 Å². The Hall–Kier alpha value is -0.770. The van der Waals surface area contributed by atoms with Gasteiger partial charge in [-0.1, -0.05) is 13.3 Å². The van der Waals surface area contributed by atoms with Crippen LogP contribution >= 0.6 is 0 Å². The molecule has 1 N–H and O–H groups in total. The molecule has 1 saturated heterocycles. The molecule has 1 atom stereocenters. The average molecular weight is 201 g/mol. The predicted octanol–water partition coefficient (Wildman–Crippen LogP) is 1.24. The topological polar surface area (TPSA) is 49.8 Å². The minimum absolute atomic E-state index is 0.170. The number of amides is 1. The second kappa shape index (κ2) is 5.86. The summed E-state index contributed by atoms with van der Waals surface area (Å²) >= 11 is 0. The van der Waals surface area contributed by atoms with E-state index in [9.17, 15) is 4.79 Å². The number of ether oxygens (including phenoxy) is 1. The minimum atomic E-state index is -0.201. The van der Waals surface area contributed by atoms with Crippen LogP contribution in [0.2, 0.25) is 0 Å². The van der Waals surface area contributed by atoms with Gasteiger partial charge in [0.15, 0.2) is 0 Å². The lowest BCUT2D eigenvalue weighted by Crippen LogP contribution is -2.43. The third-order valence-corrected chi connectivity index (χ3v) is 2.50. The van der Waals surface area contributed by atoms with Gasteiger partial charge in [0.1, 0.15) is 0 Å². The molecule has 1 aliphatic heterocycles. The molecule has 82 valence electrons. The minimum Gasteiger partial charge on any atom is -0.449 e. The number of carbonyl (C=O) groups is 1. The van der Waals surface area contributed by atoms with E-state index < -0.39 is 0 Å². The van der Waals surface area contributed by atoms with Crippen LogP contribution in [0.4, 0.5) is 4.79 Å². The lowest BCUT2D eigenvalue weighted by atomic mass is 10.1. The lowest BCUT2D eigenvalue weighted by molar-refractivity contribution is 0.0352. The van der Waals surface area contributed by atoms with E-state index >= 15 is 0 Å². The summed E-state index contributed by atoms with van der Waals surface area (Å²) in [6.07, 6.45) is 2.61. The fourth-order valence-electron chi connectivity index (χ4n) is 1.61. The maximum Gasteiger partial charge on any atom is 0.409 e. The van der Waals surface area contributed by atoms with Crippen LogP contribution < -0.4 is 0 Å². The summed E-state index contributed by atoms with van der Waals surface area (Å²) in [4.78, 5) is 13.0. The van der Waals surface area contributed by atoms with Crippen molar-refractivity contribution in [3.8, 4) is 0 Å². The maximum absolute atomic E-state index is 11.3. The molecule has 1 heterocycles. The van der Waals surface area contributed by atoms with Crippen molar-refractivity contribution in [1.29, 1.82) is 0 Å². The number of hydrogen-bond donors (Lipinski definition) is 1. The number of rotatable bonds is 5. The van der Waals surface area contributed by atoms with Crippen LogP contribution in [0.25, 0.3) is 0 Å². The Morgan fingerprint density at radius 3 is 3.07 bits per heavy atom. The molecule has 0 bridgehead atoms. The van der Waals surface area contributed by atoms with Crippen LogP contribution in [-0.2, 0) is 4.74 Å². The zero-order valence-electron chi connectivity index (χ0n) is 8.74. The van der Waals surface area contributed by atoms with Gasteiger partial charge in [-0.2, -0.15) is 0 Å². The van der Waals surface area contributed by atoms with Crippen molar-refractivity contribution in [2.45, 2.75) is 26.2 Å². The van der Waals surface area contributed by atoms with E-state index in [4.69, 9.17) is 9.84 Å². The number of carbonyl (C=O) groups excluding carboxylic acids is 1. The summed E-state index contributed by atoms with van der Waals surface area (Å²) in [5.74, 6) is 0.301. The van der Waals surface area contributed by atoms with E-state index in [1.807, 2.05) is 0 Å². The molecule has 0 aliphatic carbocycles. The van der Waals surface area contributed by atoms with E-state index in [1.165, 1.54) is 0 Å². The first-order valence-corrected chi connectivity index (χ1v) is 5.30. The molecular formula is C10H19NO3. The highest BCUT2D eigenvalue weighted by Gasteiger charge is 2.25. The Morgan fingerprint density at radius 1 is 1.64 bits per heavy atom. The highest BCUT2D eigenvalue weighted by Crippen LogP contribution is 2.14. The zero-order valence-corrected chi connectivity index (χ0v) is 8.74. The second-order valence-corrected chi connectivity index (χ2v) is 3.75. The highest BCUT2D eigenvalue weighted by molar-refractivity contribution is 5.68. The third kappa shape index (κ3) is 3.18. The van der Waals surface area contributed by atoms with E-state index in [0.29, 0.717) is 12.5 Å². The van der Waals surface area contributed by atoms with Crippen LogP contribution in [0.1, 0.15) is 26.2 Å². The molecule has 1 unspecified atom stereocenters. The highest BCUT2D eigenvalue weighted by atomic mass is 16.6. The molecule has 0 aromatic heterocycles. The monoisotopic (exact) mass is 201 g/mol. The zero-order chi connectivity index (χ0) is 10.4. The van der Waals surface area contributed by atoms with Crippen LogP contribution in [0.3, 0.4) is 0 Å². The van der Waals surface area contributed by atoms with Crippen LogP contribution in [0, 0.1) is 5.92 Å². The summed E-state index contributed by atoms with van der Waals surface area (Å²) in [5.41, 5.74) is 0. The van der Waals surface area contributed by atoms with Crippen molar-refractivity contribution < 1.29 is 14.6 Å². The Balaban J connectivity index is 2.34. The largest absolute Gasteiger partial charge is 0.449 e. The summed E-state index contributed by atoms with van der Waals surface area (Å²) < 4.78 is 5.03. The Morgan fingerprint density at radius 2 is 2.43 bits per heavy atom. The normalized spacial score (nSPS) is 22.3. The van der Waals surface area contributed by atoms with Crippen molar-refractivity contribution in [2.75, 3.05) is 26.3 Å². The molecule has 14 heavy (non-hydrogen) atoms. The first kappa shape index (κ1) is 11.3. The van der Waals surface area contributed by atoms with Crippen LogP contribution in [0.15, 0.2) is 0 Å². The SMILES string of the molecule is CCCCN1CC(CCO)COC1=O. The van der Waals surface area contributed by atoms with Crippen LogP contribution in [0.5, 0.6) is 0 Å². The molecule has 4 heteroatoms. The summed E-state index contributed by atoms with van der Waals surface area (Å²) in [5, 5.41) is 8.79. The van der Waals surface area contributed by atoms with Gasteiger partial charge < -0.3 is 14.7 Å². The Kier molecular flexibility index (Phi) is 4.73. The molecule has 1 aliphatic rings. The van der Waals surface area contributed by atoms with E-state index in [1.54, 1.807) is 4.90 Å². The van der Waals surface area contributed by atoms with Gasteiger partial charge in [0.05, 0.1) is 6.61 Å². The molecule has 1 rings (SSSR count). The lowest BCUT2D eigenvalue weighted by Gasteiger charge is -2.31. The molecule has 4 nitrogen and oxygen atoms in total. The molecule has 0 aromatic rings. The van der Waals surface area contributed by atoms with E-state index in [0.717, 1.165) is 32.4 Å². The smallest absolute Gasteiger partial charge is 0.409 e. The summed E-state index contributed by atoms with van der Waals surface area (Å²) in [7, 11) is 0. The van der Waals surface area contributed by atoms with Crippen molar-refractivity contribution in [1.82, 2.24) is 4.90 Å². The second-order valence-electron chi connectivity index (χ2n) is 3.75. The number of cyclic esters (lactones) is 1. The third-order valence-electron chi connectivity index (χ3n) is 2.50. The number of aliphatic hydroxyl groups excluding tert-OH is 1. The molecule has 0 spiro atoms. The number of aliphatic hydroxyl groups is 1. The molecule has 0 radical (unpaired) electrons. The molecule has 0 aromatic carbocycles. The number of unbranched alkanes of at least 4 members (excludes halogenated alkanes) is 1. The quantitative estimate of drug-likeness (QED) is 0.728. The van der Waals surface area contributed by atoms with Crippen molar-refractivity contribution in [3.63, 3.8) is 0 Å². The Bertz CT molecular complexity index is 184. The molecule has 1 amide bonds. The van der Waals surface area contributed by atoms with Gasteiger partial charge in [-0.05, 0) is 12.8 Å². The molecule has 0 saturated carbocycles. The standard InChI is InChI=1S/C10H19NO3/c1-2-3-5-11-7-9(4-6-12)8-14-10(11)13/h9,12H,2-8H2,1H3. The van der Waals surface area contributed by atoms with Gasteiger partial charge in [-0.15, -0.1) is 0 Å². The van der Waals surface area contributed by atoms with Crippen molar-refractivity contribution in [2.24, 2.45) is 5.92 Å². The average Bonchev–Trinajstić information content (AvgIpc) is 2.19. The van der Waals surface area contributed by atoms with Crippen molar-refractivity contribution >= 4 is 6.09 Å².